The second kappa shape index (κ2) is 7.31. The number of carbonyl (C=O) groups is 1. The fraction of sp³-hybridized carbons (Fsp3) is 0.333. The lowest BCUT2D eigenvalue weighted by molar-refractivity contribution is -0.121. The third-order valence-corrected chi connectivity index (χ3v) is 5.12. The number of aromatic nitrogens is 1. The van der Waals surface area contributed by atoms with Crippen molar-refractivity contribution in [2.45, 2.75) is 19.9 Å². The van der Waals surface area contributed by atoms with Crippen LogP contribution in [0.15, 0.2) is 57.7 Å². The molecule has 0 radical (unpaired) electrons. The maximum Gasteiger partial charge on any atom is 0.420 e. The zero-order chi connectivity index (χ0) is 18.8. The minimum Gasteiger partial charge on any atom is -0.408 e. The van der Waals surface area contributed by atoms with E-state index in [0.29, 0.717) is 23.6 Å². The van der Waals surface area contributed by atoms with Gasteiger partial charge in [0.1, 0.15) is 6.54 Å². The van der Waals surface area contributed by atoms with E-state index in [-0.39, 0.29) is 12.5 Å². The van der Waals surface area contributed by atoms with Crippen LogP contribution in [0.25, 0.3) is 11.1 Å². The Morgan fingerprint density at radius 3 is 2.93 bits per heavy atom. The van der Waals surface area contributed by atoms with Gasteiger partial charge >= 0.3 is 5.76 Å². The van der Waals surface area contributed by atoms with Crippen molar-refractivity contribution in [2.75, 3.05) is 24.5 Å². The molecule has 1 fully saturated rings. The normalized spacial score (nSPS) is 16.8. The Labute approximate surface area is 157 Å². The summed E-state index contributed by atoms with van der Waals surface area (Å²) in [5.74, 6) is -0.261. The maximum atomic E-state index is 12.3. The summed E-state index contributed by atoms with van der Waals surface area (Å²) >= 11 is 0. The lowest BCUT2D eigenvalue weighted by Crippen LogP contribution is -2.35. The summed E-state index contributed by atoms with van der Waals surface area (Å²) in [4.78, 5) is 26.7. The van der Waals surface area contributed by atoms with E-state index in [0.717, 1.165) is 19.5 Å². The van der Waals surface area contributed by atoms with E-state index in [1.54, 1.807) is 18.2 Å². The largest absolute Gasteiger partial charge is 0.420 e. The van der Waals surface area contributed by atoms with Crippen molar-refractivity contribution < 1.29 is 9.21 Å². The molecule has 0 saturated carbocycles. The molecule has 0 spiro atoms. The Balaban J connectivity index is 1.33. The predicted molar refractivity (Wildman–Crippen MR) is 105 cm³/mol. The minimum atomic E-state index is -0.502. The summed E-state index contributed by atoms with van der Waals surface area (Å²) in [6.45, 7) is 4.61. The molecule has 6 heteroatoms. The Morgan fingerprint density at radius 2 is 2.07 bits per heavy atom. The SMILES string of the molecule is Cc1cccc(N2CCC(CNC(=O)Cn3c(=O)oc4ccccc43)C2)c1. The maximum absolute atomic E-state index is 12.3. The molecule has 2 heterocycles. The van der Waals surface area contributed by atoms with Gasteiger partial charge < -0.3 is 14.6 Å². The van der Waals surface area contributed by atoms with Crippen LogP contribution in [0.3, 0.4) is 0 Å². The van der Waals surface area contributed by atoms with Gasteiger partial charge in [0.15, 0.2) is 5.58 Å². The summed E-state index contributed by atoms with van der Waals surface area (Å²) in [5, 5.41) is 2.97. The summed E-state index contributed by atoms with van der Waals surface area (Å²) < 4.78 is 6.54. The number of para-hydroxylation sites is 2. The van der Waals surface area contributed by atoms with Crippen LogP contribution < -0.4 is 16.0 Å². The number of hydrogen-bond acceptors (Lipinski definition) is 4. The van der Waals surface area contributed by atoms with Gasteiger partial charge in [0.05, 0.1) is 5.52 Å². The van der Waals surface area contributed by atoms with Crippen LogP contribution in [0.5, 0.6) is 0 Å². The molecule has 6 nitrogen and oxygen atoms in total. The number of rotatable bonds is 5. The van der Waals surface area contributed by atoms with E-state index in [1.165, 1.54) is 15.8 Å². The standard InChI is InChI=1S/C21H23N3O3/c1-15-5-4-6-17(11-15)23-10-9-16(13-23)12-22-20(25)14-24-18-7-2-3-8-19(18)27-21(24)26/h2-8,11,16H,9-10,12-14H2,1H3,(H,22,25). The highest BCUT2D eigenvalue weighted by atomic mass is 16.4. The molecule has 1 atom stereocenters. The van der Waals surface area contributed by atoms with Gasteiger partial charge in [-0.15, -0.1) is 0 Å². The quantitative estimate of drug-likeness (QED) is 0.755. The number of amides is 1. The lowest BCUT2D eigenvalue weighted by Gasteiger charge is -2.19. The van der Waals surface area contributed by atoms with Gasteiger partial charge in [0.2, 0.25) is 5.91 Å². The van der Waals surface area contributed by atoms with Crippen molar-refractivity contribution in [2.24, 2.45) is 5.92 Å². The molecule has 3 aromatic rings. The Bertz CT molecular complexity index is 1020. The first-order valence-corrected chi connectivity index (χ1v) is 9.27. The number of nitrogens with zero attached hydrogens (tertiary/aromatic N) is 2. The molecule has 0 aliphatic carbocycles. The number of nitrogens with one attached hydrogen (secondary N) is 1. The highest BCUT2D eigenvalue weighted by Crippen LogP contribution is 2.24. The average molecular weight is 365 g/mol. The van der Waals surface area contributed by atoms with Gasteiger partial charge in [0, 0.05) is 25.3 Å². The molecule has 0 bridgehead atoms. The molecule has 27 heavy (non-hydrogen) atoms. The highest BCUT2D eigenvalue weighted by Gasteiger charge is 2.23. The Hall–Kier alpha value is -3.02. The summed E-state index contributed by atoms with van der Waals surface area (Å²) in [7, 11) is 0. The number of anilines is 1. The second-order valence-corrected chi connectivity index (χ2v) is 7.17. The van der Waals surface area contributed by atoms with E-state index < -0.39 is 5.76 Å². The first kappa shape index (κ1) is 17.4. The molecule has 1 aromatic heterocycles. The number of aryl methyl sites for hydroxylation is 1. The van der Waals surface area contributed by atoms with Crippen LogP contribution in [0, 0.1) is 12.8 Å². The average Bonchev–Trinajstić information content (AvgIpc) is 3.25. The third kappa shape index (κ3) is 3.74. The van der Waals surface area contributed by atoms with Crippen molar-refractivity contribution in [1.82, 2.24) is 9.88 Å². The van der Waals surface area contributed by atoms with Crippen LogP contribution in [0.4, 0.5) is 5.69 Å². The highest BCUT2D eigenvalue weighted by molar-refractivity contribution is 5.79. The van der Waals surface area contributed by atoms with Crippen molar-refractivity contribution >= 4 is 22.7 Å². The van der Waals surface area contributed by atoms with E-state index in [2.05, 4.69) is 41.4 Å². The van der Waals surface area contributed by atoms with Crippen LogP contribution in [-0.2, 0) is 11.3 Å². The minimum absolute atomic E-state index is 0.0236. The van der Waals surface area contributed by atoms with Crippen molar-refractivity contribution in [3.63, 3.8) is 0 Å². The van der Waals surface area contributed by atoms with Gasteiger partial charge in [0.25, 0.3) is 0 Å². The lowest BCUT2D eigenvalue weighted by atomic mass is 10.1. The van der Waals surface area contributed by atoms with E-state index in [1.807, 2.05) is 6.07 Å². The Morgan fingerprint density at radius 1 is 1.22 bits per heavy atom. The van der Waals surface area contributed by atoms with Gasteiger partial charge in [-0.05, 0) is 49.1 Å². The van der Waals surface area contributed by atoms with Crippen LogP contribution in [-0.4, -0.2) is 30.1 Å². The molecule has 1 N–H and O–H groups in total. The summed E-state index contributed by atoms with van der Waals surface area (Å²) in [5.41, 5.74) is 3.63. The molecule has 1 aliphatic rings. The molecule has 1 aliphatic heterocycles. The van der Waals surface area contributed by atoms with Gasteiger partial charge in [-0.1, -0.05) is 24.3 Å². The van der Waals surface area contributed by atoms with E-state index in [4.69, 9.17) is 4.42 Å². The second-order valence-electron chi connectivity index (χ2n) is 7.17. The topological polar surface area (TPSA) is 67.5 Å². The molecule has 140 valence electrons. The zero-order valence-electron chi connectivity index (χ0n) is 15.4. The summed E-state index contributed by atoms with van der Waals surface area (Å²) in [6, 6.07) is 15.6. The monoisotopic (exact) mass is 365 g/mol. The number of benzene rings is 2. The zero-order valence-corrected chi connectivity index (χ0v) is 15.4. The van der Waals surface area contributed by atoms with Gasteiger partial charge in [-0.25, -0.2) is 4.79 Å². The van der Waals surface area contributed by atoms with Crippen LogP contribution >= 0.6 is 0 Å². The van der Waals surface area contributed by atoms with Gasteiger partial charge in [-0.3, -0.25) is 9.36 Å². The number of fused-ring (bicyclic) bond motifs is 1. The van der Waals surface area contributed by atoms with Gasteiger partial charge in [-0.2, -0.15) is 0 Å². The van der Waals surface area contributed by atoms with Crippen molar-refractivity contribution in [3.05, 3.63) is 64.6 Å². The summed E-state index contributed by atoms with van der Waals surface area (Å²) in [6.07, 6.45) is 1.04. The van der Waals surface area contributed by atoms with Crippen molar-refractivity contribution in [3.8, 4) is 0 Å². The molecular weight excluding hydrogens is 342 g/mol. The number of carbonyl (C=O) groups excluding carboxylic acids is 1. The number of oxazole rings is 1. The fourth-order valence-corrected chi connectivity index (χ4v) is 3.68. The predicted octanol–water partition coefficient (Wildman–Crippen LogP) is 2.55. The molecular formula is C21H23N3O3. The third-order valence-electron chi connectivity index (χ3n) is 5.12. The number of hydrogen-bond donors (Lipinski definition) is 1. The molecule has 1 amide bonds. The van der Waals surface area contributed by atoms with Crippen LogP contribution in [0.1, 0.15) is 12.0 Å². The van der Waals surface area contributed by atoms with Crippen LogP contribution in [0.2, 0.25) is 0 Å². The van der Waals surface area contributed by atoms with Crippen molar-refractivity contribution in [1.29, 1.82) is 0 Å². The molecule has 1 saturated heterocycles. The first-order valence-electron chi connectivity index (χ1n) is 9.27. The fourth-order valence-electron chi connectivity index (χ4n) is 3.68. The smallest absolute Gasteiger partial charge is 0.408 e. The van der Waals surface area contributed by atoms with E-state index >= 15 is 0 Å². The molecule has 1 unspecified atom stereocenters. The molecule has 2 aromatic carbocycles. The molecule has 4 rings (SSSR count). The first-order chi connectivity index (χ1) is 13.1. The van der Waals surface area contributed by atoms with E-state index in [9.17, 15) is 9.59 Å². The Kier molecular flexibility index (Phi) is 4.71.